The van der Waals surface area contributed by atoms with Crippen molar-refractivity contribution in [3.63, 3.8) is 0 Å². The number of nitrogens with zero attached hydrogens (tertiary/aromatic N) is 5. The van der Waals surface area contributed by atoms with Gasteiger partial charge in [-0.05, 0) is 25.5 Å². The third kappa shape index (κ3) is 3.16. The fourth-order valence-corrected chi connectivity index (χ4v) is 3.14. The first kappa shape index (κ1) is 18.6. The number of urea groups is 1. The number of amidine groups is 1. The molecule has 9 nitrogen and oxygen atoms in total. The van der Waals surface area contributed by atoms with E-state index in [1.807, 2.05) is 13.0 Å². The number of fused-ring (bicyclic) bond motifs is 1. The zero-order chi connectivity index (χ0) is 19.7. The molecule has 0 saturated carbocycles. The van der Waals surface area contributed by atoms with Crippen molar-refractivity contribution in [1.29, 1.82) is 0 Å². The summed E-state index contributed by atoms with van der Waals surface area (Å²) >= 11 is 0. The van der Waals surface area contributed by atoms with Crippen molar-refractivity contribution < 1.29 is 19.3 Å². The molecule has 1 saturated heterocycles. The Balaban J connectivity index is 1.95. The Hall–Kier alpha value is -3.23. The molecule has 1 unspecified atom stereocenters. The molecule has 0 spiro atoms. The number of phenols is 1. The summed E-state index contributed by atoms with van der Waals surface area (Å²) in [4.78, 5) is 31.8. The summed E-state index contributed by atoms with van der Waals surface area (Å²) in [6, 6.07) is 5.83. The molecule has 0 radical (unpaired) electrons. The second-order valence-corrected chi connectivity index (χ2v) is 6.45. The molecule has 1 fully saturated rings. The number of imide groups is 1. The number of likely N-dealkylation sites (N-methyl/N-ethyl adjacent to an activating group) is 2. The monoisotopic (exact) mass is 371 g/mol. The van der Waals surface area contributed by atoms with Crippen LogP contribution in [0.25, 0.3) is 0 Å². The van der Waals surface area contributed by atoms with Gasteiger partial charge in [0.15, 0.2) is 0 Å². The van der Waals surface area contributed by atoms with Crippen molar-refractivity contribution in [2.75, 3.05) is 20.6 Å². The summed E-state index contributed by atoms with van der Waals surface area (Å²) in [5, 5.41) is 14.3. The number of carbonyl (C=O) groups is 2. The predicted molar refractivity (Wildman–Crippen MR) is 101 cm³/mol. The van der Waals surface area contributed by atoms with Gasteiger partial charge in [-0.15, -0.1) is 5.10 Å². The Bertz CT molecular complexity index is 889. The van der Waals surface area contributed by atoms with Gasteiger partial charge in [-0.25, -0.2) is 9.37 Å². The fourth-order valence-electron chi connectivity index (χ4n) is 3.14. The number of nitrogens with one attached hydrogen (secondary N) is 1. The molecule has 0 aromatic heterocycles. The van der Waals surface area contributed by atoms with Crippen LogP contribution in [-0.4, -0.2) is 75.6 Å². The van der Waals surface area contributed by atoms with Crippen LogP contribution in [-0.2, 0) is 4.79 Å². The number of amides is 3. The number of aliphatic imine (C=N–C) groups is 1. The van der Waals surface area contributed by atoms with Gasteiger partial charge in [-0.1, -0.05) is 24.0 Å². The molecule has 1 atom stereocenters. The predicted octanol–water partition coefficient (Wildman–Crippen LogP) is 0.789. The zero-order valence-corrected chi connectivity index (χ0v) is 15.8. The maximum Gasteiger partial charge on any atom is 0.413 e. The number of phenolic OH excluding ortho intramolecular Hbond substituents is 1. The van der Waals surface area contributed by atoms with E-state index in [1.165, 1.54) is 11.9 Å². The van der Waals surface area contributed by atoms with E-state index in [0.29, 0.717) is 29.6 Å². The normalized spacial score (nSPS) is 20.2. The Morgan fingerprint density at radius 2 is 2.00 bits per heavy atom. The molecule has 3 rings (SSSR count). The summed E-state index contributed by atoms with van der Waals surface area (Å²) in [6.45, 7) is 4.33. The molecule has 1 aromatic rings. The van der Waals surface area contributed by atoms with Crippen LogP contribution in [0.3, 0.4) is 0 Å². The van der Waals surface area contributed by atoms with Crippen molar-refractivity contribution >= 4 is 29.4 Å². The van der Waals surface area contributed by atoms with Crippen LogP contribution in [0, 0.1) is 0 Å². The van der Waals surface area contributed by atoms with Crippen molar-refractivity contribution in [1.82, 2.24) is 15.2 Å². The number of rotatable bonds is 4. The summed E-state index contributed by atoms with van der Waals surface area (Å²) in [6.07, 6.45) is 0.793. The highest BCUT2D eigenvalue weighted by Gasteiger charge is 2.51. The van der Waals surface area contributed by atoms with Crippen LogP contribution in [0.5, 0.6) is 5.75 Å². The molecule has 2 aliphatic rings. The van der Waals surface area contributed by atoms with E-state index in [9.17, 15) is 14.7 Å². The molecule has 0 aliphatic carbocycles. The van der Waals surface area contributed by atoms with E-state index in [4.69, 9.17) is 0 Å². The first-order chi connectivity index (χ1) is 12.9. The number of hydrazone groups is 1. The lowest BCUT2D eigenvalue weighted by molar-refractivity contribution is -0.537. The average Bonchev–Trinajstić information content (AvgIpc) is 3.02. The van der Waals surface area contributed by atoms with Crippen LogP contribution < -0.4 is 5.43 Å². The van der Waals surface area contributed by atoms with Crippen molar-refractivity contribution in [2.45, 2.75) is 26.3 Å². The van der Waals surface area contributed by atoms with Gasteiger partial charge in [0.25, 0.3) is 5.91 Å². The average molecular weight is 371 g/mol. The first-order valence-corrected chi connectivity index (χ1v) is 8.72. The number of guanidine groups is 1. The smallest absolute Gasteiger partial charge is 0.413 e. The van der Waals surface area contributed by atoms with Crippen LogP contribution in [0.4, 0.5) is 4.79 Å². The minimum Gasteiger partial charge on any atom is -0.507 e. The van der Waals surface area contributed by atoms with Crippen LogP contribution in [0.1, 0.15) is 25.8 Å². The molecular weight excluding hydrogens is 348 g/mol. The van der Waals surface area contributed by atoms with E-state index in [1.54, 1.807) is 36.7 Å². The highest BCUT2D eigenvalue weighted by Crippen LogP contribution is 2.19. The molecular formula is C18H23N6O3+. The zero-order valence-electron chi connectivity index (χ0n) is 15.8. The fraction of sp³-hybridized carbons (Fsp3) is 0.389. The van der Waals surface area contributed by atoms with Gasteiger partial charge >= 0.3 is 12.0 Å². The minimum absolute atomic E-state index is 0.129. The summed E-state index contributed by atoms with van der Waals surface area (Å²) in [5.74, 6) is 0.595. The van der Waals surface area contributed by atoms with Gasteiger partial charge in [0, 0.05) is 19.7 Å². The van der Waals surface area contributed by atoms with E-state index in [2.05, 4.69) is 15.5 Å². The molecule has 3 amide bonds. The minimum atomic E-state index is -0.652. The summed E-state index contributed by atoms with van der Waals surface area (Å²) in [5.41, 5.74) is 4.06. The van der Waals surface area contributed by atoms with Crippen molar-refractivity contribution in [3.8, 4) is 5.75 Å². The maximum absolute atomic E-state index is 12.6. The van der Waals surface area contributed by atoms with Gasteiger partial charge in [-0.3, -0.25) is 14.6 Å². The number of aromatic hydroxyl groups is 1. The van der Waals surface area contributed by atoms with Gasteiger partial charge in [0.2, 0.25) is 11.9 Å². The quantitative estimate of drug-likeness (QED) is 0.464. The van der Waals surface area contributed by atoms with Gasteiger partial charge in [0.05, 0.1) is 12.3 Å². The standard InChI is InChI=1S/C18H22N6O3/c1-5-10-24-14-15(22(3)18(27)23(4)16(14)26)19-17(24)21-20-11(2)12-8-6-7-9-13(12)25/h6-9,14H,5,10H2,1-4H3,(H,20,25)/p+1. The molecule has 2 heterocycles. The second-order valence-electron chi connectivity index (χ2n) is 6.45. The van der Waals surface area contributed by atoms with Crippen LogP contribution in [0.15, 0.2) is 34.4 Å². The van der Waals surface area contributed by atoms with Gasteiger partial charge in [-0.2, -0.15) is 5.43 Å². The molecule has 142 valence electrons. The first-order valence-electron chi connectivity index (χ1n) is 8.72. The van der Waals surface area contributed by atoms with Crippen LogP contribution in [0.2, 0.25) is 0 Å². The van der Waals surface area contributed by atoms with E-state index < -0.39 is 12.1 Å². The molecule has 1 aromatic carbocycles. The van der Waals surface area contributed by atoms with E-state index >= 15 is 0 Å². The summed E-state index contributed by atoms with van der Waals surface area (Å²) < 4.78 is 1.80. The Labute approximate surface area is 157 Å². The topological polar surface area (TPSA) is 101 Å². The number of para-hydroxylation sites is 1. The van der Waals surface area contributed by atoms with Crippen LogP contribution >= 0.6 is 0 Å². The number of benzene rings is 1. The Morgan fingerprint density at radius 1 is 1.30 bits per heavy atom. The lowest BCUT2D eigenvalue weighted by Crippen LogP contribution is -2.61. The lowest BCUT2D eigenvalue weighted by atomic mass is 10.1. The molecule has 2 N–H and O–H groups in total. The Morgan fingerprint density at radius 3 is 2.67 bits per heavy atom. The third-order valence-corrected chi connectivity index (χ3v) is 4.61. The van der Waals surface area contributed by atoms with Gasteiger partial charge < -0.3 is 5.11 Å². The van der Waals surface area contributed by atoms with E-state index in [0.717, 1.165) is 11.3 Å². The maximum atomic E-state index is 12.6. The van der Waals surface area contributed by atoms with E-state index in [-0.39, 0.29) is 11.7 Å². The molecule has 2 aliphatic heterocycles. The Kier molecular flexibility index (Phi) is 4.93. The highest BCUT2D eigenvalue weighted by molar-refractivity contribution is 6.22. The second kappa shape index (κ2) is 7.18. The number of carbonyl (C=O) groups excluding carboxylic acids is 2. The molecule has 0 bridgehead atoms. The van der Waals surface area contributed by atoms with Crippen molar-refractivity contribution in [2.24, 2.45) is 10.1 Å². The molecule has 27 heavy (non-hydrogen) atoms. The number of hydrogen-bond acceptors (Lipinski definition) is 6. The SMILES string of the molecule is CCC[N+]1=C(N/N=C(\C)c2ccccc2O)N=C2C1C(=O)N(C)C(=O)N2C. The largest absolute Gasteiger partial charge is 0.507 e. The number of hydrogen-bond donors (Lipinski definition) is 2. The molecule has 9 heteroatoms. The van der Waals surface area contributed by atoms with Crippen molar-refractivity contribution in [3.05, 3.63) is 29.8 Å². The lowest BCUT2D eigenvalue weighted by Gasteiger charge is -2.31. The summed E-state index contributed by atoms with van der Waals surface area (Å²) in [7, 11) is 3.06. The third-order valence-electron chi connectivity index (χ3n) is 4.61. The van der Waals surface area contributed by atoms with Gasteiger partial charge in [0.1, 0.15) is 5.75 Å². The highest BCUT2D eigenvalue weighted by atomic mass is 16.3.